The standard InChI is InChI=1S/C11H15N3S/c1-3-15-8-9(2)14-11-7-13-5-4-10(11)6-12/h4-5,7,9,14H,3,8H2,1-2H3. The van der Waals surface area contributed by atoms with Gasteiger partial charge in [0.1, 0.15) is 6.07 Å². The molecule has 0 aliphatic heterocycles. The van der Waals surface area contributed by atoms with E-state index in [0.29, 0.717) is 11.6 Å². The van der Waals surface area contributed by atoms with Gasteiger partial charge in [-0.1, -0.05) is 6.92 Å². The van der Waals surface area contributed by atoms with E-state index >= 15 is 0 Å². The van der Waals surface area contributed by atoms with E-state index in [0.717, 1.165) is 17.2 Å². The summed E-state index contributed by atoms with van der Waals surface area (Å²) in [6.07, 6.45) is 3.33. The summed E-state index contributed by atoms with van der Waals surface area (Å²) in [6.45, 7) is 4.25. The molecule has 0 aromatic carbocycles. The number of nitrogens with one attached hydrogen (secondary N) is 1. The second kappa shape index (κ2) is 6.31. The minimum atomic E-state index is 0.353. The number of thioether (sulfide) groups is 1. The van der Waals surface area contributed by atoms with Crippen LogP contribution in [0.3, 0.4) is 0 Å². The highest BCUT2D eigenvalue weighted by Crippen LogP contribution is 2.14. The van der Waals surface area contributed by atoms with E-state index in [1.165, 1.54) is 0 Å². The van der Waals surface area contributed by atoms with Crippen LogP contribution in [0.2, 0.25) is 0 Å². The van der Waals surface area contributed by atoms with Crippen molar-refractivity contribution in [2.45, 2.75) is 19.9 Å². The van der Waals surface area contributed by atoms with Crippen LogP contribution in [0.5, 0.6) is 0 Å². The molecule has 0 spiro atoms. The second-order valence-electron chi connectivity index (χ2n) is 3.24. The molecule has 1 unspecified atom stereocenters. The van der Waals surface area contributed by atoms with Gasteiger partial charge in [-0.15, -0.1) is 0 Å². The lowest BCUT2D eigenvalue weighted by Gasteiger charge is -2.14. The van der Waals surface area contributed by atoms with E-state index in [2.05, 4.69) is 30.2 Å². The first-order valence-corrected chi connectivity index (χ1v) is 6.11. The predicted octanol–water partition coefficient (Wildman–Crippen LogP) is 2.51. The normalized spacial score (nSPS) is 11.8. The summed E-state index contributed by atoms with van der Waals surface area (Å²) in [7, 11) is 0. The van der Waals surface area contributed by atoms with Gasteiger partial charge in [0.25, 0.3) is 0 Å². The van der Waals surface area contributed by atoms with Gasteiger partial charge in [0, 0.05) is 18.0 Å². The summed E-state index contributed by atoms with van der Waals surface area (Å²) < 4.78 is 0. The molecule has 1 N–H and O–H groups in total. The van der Waals surface area contributed by atoms with Gasteiger partial charge in [-0.3, -0.25) is 4.98 Å². The van der Waals surface area contributed by atoms with Gasteiger partial charge in [-0.2, -0.15) is 17.0 Å². The first-order valence-electron chi connectivity index (χ1n) is 4.96. The maximum absolute atomic E-state index is 8.88. The average Bonchev–Trinajstić information content (AvgIpc) is 2.27. The maximum atomic E-state index is 8.88. The smallest absolute Gasteiger partial charge is 0.101 e. The van der Waals surface area contributed by atoms with Crippen molar-refractivity contribution in [2.75, 3.05) is 16.8 Å². The summed E-state index contributed by atoms with van der Waals surface area (Å²) >= 11 is 1.88. The number of nitrogens with zero attached hydrogens (tertiary/aromatic N) is 2. The lowest BCUT2D eigenvalue weighted by molar-refractivity contribution is 0.910. The van der Waals surface area contributed by atoms with E-state index in [4.69, 9.17) is 5.26 Å². The van der Waals surface area contributed by atoms with Gasteiger partial charge in [0.05, 0.1) is 17.4 Å². The molecule has 0 aliphatic carbocycles. The Hall–Kier alpha value is -1.21. The van der Waals surface area contributed by atoms with Crippen LogP contribution in [0.4, 0.5) is 5.69 Å². The molecule has 1 aromatic rings. The van der Waals surface area contributed by atoms with Crippen LogP contribution in [0, 0.1) is 11.3 Å². The van der Waals surface area contributed by atoms with Gasteiger partial charge in [0.2, 0.25) is 0 Å². The van der Waals surface area contributed by atoms with Gasteiger partial charge < -0.3 is 5.32 Å². The van der Waals surface area contributed by atoms with Crippen molar-refractivity contribution >= 4 is 17.4 Å². The van der Waals surface area contributed by atoms with Crippen LogP contribution in [-0.2, 0) is 0 Å². The first kappa shape index (κ1) is 11.9. The van der Waals surface area contributed by atoms with Crippen LogP contribution in [0.25, 0.3) is 0 Å². The van der Waals surface area contributed by atoms with Crippen molar-refractivity contribution in [3.8, 4) is 6.07 Å². The third-order valence-corrected chi connectivity index (χ3v) is 3.06. The van der Waals surface area contributed by atoms with Gasteiger partial charge in [0.15, 0.2) is 0 Å². The van der Waals surface area contributed by atoms with Gasteiger partial charge in [-0.05, 0) is 18.7 Å². The minimum absolute atomic E-state index is 0.353. The molecule has 80 valence electrons. The highest BCUT2D eigenvalue weighted by Gasteiger charge is 2.05. The number of aromatic nitrogens is 1. The monoisotopic (exact) mass is 221 g/mol. The minimum Gasteiger partial charge on any atom is -0.379 e. The molecule has 0 radical (unpaired) electrons. The van der Waals surface area contributed by atoms with Crippen LogP contribution < -0.4 is 5.32 Å². The van der Waals surface area contributed by atoms with E-state index < -0.39 is 0 Å². The van der Waals surface area contributed by atoms with Gasteiger partial charge >= 0.3 is 0 Å². The van der Waals surface area contributed by atoms with Gasteiger partial charge in [-0.25, -0.2) is 0 Å². The first-order chi connectivity index (χ1) is 7.27. The molecule has 1 atom stereocenters. The molecule has 0 saturated heterocycles. The number of hydrogen-bond acceptors (Lipinski definition) is 4. The summed E-state index contributed by atoms with van der Waals surface area (Å²) in [5.41, 5.74) is 1.47. The predicted molar refractivity (Wildman–Crippen MR) is 65.0 cm³/mol. The number of pyridine rings is 1. The zero-order valence-electron chi connectivity index (χ0n) is 9.03. The fourth-order valence-corrected chi connectivity index (χ4v) is 1.88. The lowest BCUT2D eigenvalue weighted by atomic mass is 10.2. The summed E-state index contributed by atoms with van der Waals surface area (Å²) in [6, 6.07) is 4.22. The largest absolute Gasteiger partial charge is 0.379 e. The highest BCUT2D eigenvalue weighted by molar-refractivity contribution is 7.99. The lowest BCUT2D eigenvalue weighted by Crippen LogP contribution is -2.18. The summed E-state index contributed by atoms with van der Waals surface area (Å²) in [5, 5.41) is 12.2. The molecular formula is C11H15N3S. The molecule has 3 nitrogen and oxygen atoms in total. The Morgan fingerprint density at radius 3 is 3.13 bits per heavy atom. The number of nitriles is 1. The van der Waals surface area contributed by atoms with E-state index in [1.807, 2.05) is 11.8 Å². The van der Waals surface area contributed by atoms with Crippen molar-refractivity contribution in [3.63, 3.8) is 0 Å². The third-order valence-electron chi connectivity index (χ3n) is 1.92. The molecule has 1 heterocycles. The molecular weight excluding hydrogens is 206 g/mol. The average molecular weight is 221 g/mol. The van der Waals surface area contributed by atoms with Crippen molar-refractivity contribution in [1.82, 2.24) is 4.98 Å². The van der Waals surface area contributed by atoms with Crippen LogP contribution in [-0.4, -0.2) is 22.5 Å². The summed E-state index contributed by atoms with van der Waals surface area (Å²) in [4.78, 5) is 4.01. The zero-order valence-corrected chi connectivity index (χ0v) is 9.84. The Balaban J connectivity index is 2.60. The molecule has 0 aliphatic rings. The Morgan fingerprint density at radius 2 is 2.47 bits per heavy atom. The molecule has 4 heteroatoms. The van der Waals surface area contributed by atoms with Crippen molar-refractivity contribution in [3.05, 3.63) is 24.0 Å². The van der Waals surface area contributed by atoms with E-state index in [-0.39, 0.29) is 0 Å². The second-order valence-corrected chi connectivity index (χ2v) is 4.56. The molecule has 0 saturated carbocycles. The SMILES string of the molecule is CCSCC(C)Nc1cnccc1C#N. The zero-order chi connectivity index (χ0) is 11.1. The molecule has 0 bridgehead atoms. The highest BCUT2D eigenvalue weighted by atomic mass is 32.2. The van der Waals surface area contributed by atoms with Crippen LogP contribution in [0.15, 0.2) is 18.5 Å². The van der Waals surface area contributed by atoms with E-state index in [9.17, 15) is 0 Å². The third kappa shape index (κ3) is 3.80. The van der Waals surface area contributed by atoms with Crippen molar-refractivity contribution in [1.29, 1.82) is 5.26 Å². The molecule has 0 amide bonds. The van der Waals surface area contributed by atoms with E-state index in [1.54, 1.807) is 18.5 Å². The van der Waals surface area contributed by atoms with Crippen molar-refractivity contribution < 1.29 is 0 Å². The summed E-state index contributed by atoms with van der Waals surface area (Å²) in [5.74, 6) is 2.15. The Morgan fingerprint density at radius 1 is 1.67 bits per heavy atom. The number of anilines is 1. The van der Waals surface area contributed by atoms with Crippen molar-refractivity contribution in [2.24, 2.45) is 0 Å². The molecule has 1 aromatic heterocycles. The maximum Gasteiger partial charge on any atom is 0.101 e. The fraction of sp³-hybridized carbons (Fsp3) is 0.455. The fourth-order valence-electron chi connectivity index (χ4n) is 1.21. The molecule has 0 fully saturated rings. The number of rotatable bonds is 5. The Kier molecular flexibility index (Phi) is 4.99. The van der Waals surface area contributed by atoms with Crippen LogP contribution >= 0.6 is 11.8 Å². The molecule has 15 heavy (non-hydrogen) atoms. The van der Waals surface area contributed by atoms with Crippen LogP contribution in [0.1, 0.15) is 19.4 Å². The number of hydrogen-bond donors (Lipinski definition) is 1. The Bertz CT molecular complexity index is 346. The molecule has 1 rings (SSSR count). The topological polar surface area (TPSA) is 48.7 Å². The quantitative estimate of drug-likeness (QED) is 0.830. The Labute approximate surface area is 94.9 Å².